The van der Waals surface area contributed by atoms with Crippen molar-refractivity contribution in [3.8, 4) is 0 Å². The van der Waals surface area contributed by atoms with E-state index >= 15 is 0 Å². The molecular formula is C18H25N3O2. The summed E-state index contributed by atoms with van der Waals surface area (Å²) in [5.74, 6) is 0.563. The van der Waals surface area contributed by atoms with Crippen LogP contribution in [0.5, 0.6) is 0 Å². The maximum absolute atomic E-state index is 12.8. The molecule has 0 radical (unpaired) electrons. The van der Waals surface area contributed by atoms with Crippen molar-refractivity contribution in [3.05, 3.63) is 30.1 Å². The van der Waals surface area contributed by atoms with Crippen LogP contribution in [0.25, 0.3) is 0 Å². The van der Waals surface area contributed by atoms with E-state index in [1.54, 1.807) is 0 Å². The summed E-state index contributed by atoms with van der Waals surface area (Å²) in [4.78, 5) is 22.0. The van der Waals surface area contributed by atoms with Crippen molar-refractivity contribution in [2.45, 2.75) is 44.3 Å². The lowest BCUT2D eigenvalue weighted by molar-refractivity contribution is -0.139. The van der Waals surface area contributed by atoms with Crippen molar-refractivity contribution < 1.29 is 9.53 Å². The van der Waals surface area contributed by atoms with E-state index in [-0.39, 0.29) is 5.92 Å². The van der Waals surface area contributed by atoms with Gasteiger partial charge in [-0.05, 0) is 37.8 Å². The Balaban J connectivity index is 1.40. The minimum atomic E-state index is 0.187. The number of likely N-dealkylation sites (tertiary alicyclic amines) is 2. The summed E-state index contributed by atoms with van der Waals surface area (Å²) < 4.78 is 5.40. The van der Waals surface area contributed by atoms with Gasteiger partial charge in [0.05, 0.1) is 5.69 Å². The van der Waals surface area contributed by atoms with Gasteiger partial charge in [-0.2, -0.15) is 0 Å². The molecule has 4 heterocycles. The molecule has 0 saturated carbocycles. The predicted octanol–water partition coefficient (Wildman–Crippen LogP) is 1.68. The van der Waals surface area contributed by atoms with E-state index in [2.05, 4.69) is 20.9 Å². The van der Waals surface area contributed by atoms with Crippen LogP contribution in [-0.4, -0.2) is 59.1 Å². The Morgan fingerprint density at radius 3 is 2.74 bits per heavy atom. The third-order valence-electron chi connectivity index (χ3n) is 5.64. The monoisotopic (exact) mass is 315 g/mol. The van der Waals surface area contributed by atoms with Crippen LogP contribution in [0.2, 0.25) is 0 Å². The molecule has 1 aromatic heterocycles. The summed E-state index contributed by atoms with van der Waals surface area (Å²) in [5, 5.41) is 0. The lowest BCUT2D eigenvalue weighted by Gasteiger charge is -2.30. The van der Waals surface area contributed by atoms with E-state index in [0.29, 0.717) is 18.0 Å². The summed E-state index contributed by atoms with van der Waals surface area (Å²) in [5.41, 5.74) is 1.13. The second-order valence-corrected chi connectivity index (χ2v) is 6.92. The highest BCUT2D eigenvalue weighted by Crippen LogP contribution is 2.34. The van der Waals surface area contributed by atoms with E-state index in [0.717, 1.165) is 64.2 Å². The third kappa shape index (κ3) is 3.00. The lowest BCUT2D eigenvalue weighted by atomic mass is 9.98. The number of carbonyl (C=O) groups is 1. The highest BCUT2D eigenvalue weighted by atomic mass is 16.5. The molecule has 5 heteroatoms. The second-order valence-electron chi connectivity index (χ2n) is 6.92. The van der Waals surface area contributed by atoms with E-state index in [9.17, 15) is 4.79 Å². The minimum Gasteiger partial charge on any atom is -0.381 e. The van der Waals surface area contributed by atoms with Gasteiger partial charge < -0.3 is 9.64 Å². The Kier molecular flexibility index (Phi) is 4.31. The molecule has 1 amide bonds. The van der Waals surface area contributed by atoms with E-state index in [1.807, 2.05) is 18.3 Å². The van der Waals surface area contributed by atoms with Gasteiger partial charge in [-0.3, -0.25) is 14.7 Å². The molecule has 3 saturated heterocycles. The van der Waals surface area contributed by atoms with Gasteiger partial charge in [0.2, 0.25) is 5.91 Å². The van der Waals surface area contributed by atoms with Crippen LogP contribution < -0.4 is 0 Å². The quantitative estimate of drug-likeness (QED) is 0.851. The molecule has 2 atom stereocenters. The average molecular weight is 315 g/mol. The second kappa shape index (κ2) is 6.57. The Labute approximate surface area is 137 Å². The molecule has 3 fully saturated rings. The third-order valence-corrected chi connectivity index (χ3v) is 5.64. The lowest BCUT2D eigenvalue weighted by Crippen LogP contribution is -2.43. The smallest absolute Gasteiger partial charge is 0.226 e. The predicted molar refractivity (Wildman–Crippen MR) is 86.7 cm³/mol. The van der Waals surface area contributed by atoms with Crippen LogP contribution in [0.4, 0.5) is 0 Å². The van der Waals surface area contributed by atoms with Gasteiger partial charge in [-0.25, -0.2) is 0 Å². The first-order chi connectivity index (χ1) is 11.3. The Bertz CT molecular complexity index is 544. The zero-order valence-electron chi connectivity index (χ0n) is 13.6. The number of hydrogen-bond acceptors (Lipinski definition) is 4. The van der Waals surface area contributed by atoms with Crippen LogP contribution in [0, 0.1) is 5.92 Å². The molecule has 3 aliphatic rings. The van der Waals surface area contributed by atoms with Crippen LogP contribution in [0.1, 0.15) is 31.4 Å². The molecule has 5 nitrogen and oxygen atoms in total. The fourth-order valence-corrected chi connectivity index (χ4v) is 4.42. The van der Waals surface area contributed by atoms with E-state index in [4.69, 9.17) is 4.74 Å². The summed E-state index contributed by atoms with van der Waals surface area (Å²) >= 11 is 0. The van der Waals surface area contributed by atoms with Gasteiger partial charge in [0, 0.05) is 57.0 Å². The van der Waals surface area contributed by atoms with Crippen LogP contribution in [0.3, 0.4) is 0 Å². The molecule has 124 valence electrons. The van der Waals surface area contributed by atoms with Crippen molar-refractivity contribution in [2.24, 2.45) is 5.92 Å². The summed E-state index contributed by atoms with van der Waals surface area (Å²) in [6, 6.07) is 7.02. The summed E-state index contributed by atoms with van der Waals surface area (Å²) in [6.07, 6.45) is 5.85. The maximum Gasteiger partial charge on any atom is 0.226 e. The summed E-state index contributed by atoms with van der Waals surface area (Å²) in [7, 11) is 0. The van der Waals surface area contributed by atoms with Crippen molar-refractivity contribution >= 4 is 5.91 Å². The zero-order valence-corrected chi connectivity index (χ0v) is 13.6. The number of carbonyl (C=O) groups excluding carboxylic acids is 1. The number of rotatable bonds is 3. The fourth-order valence-electron chi connectivity index (χ4n) is 4.42. The number of aromatic nitrogens is 1. The molecule has 0 spiro atoms. The SMILES string of the molecule is O=C(C1CCOCC1)N1CC[C@H]2[C@@H]1CCN2Cc1ccccn1. The number of fused-ring (bicyclic) bond motifs is 1. The molecule has 23 heavy (non-hydrogen) atoms. The molecule has 0 aliphatic carbocycles. The molecular weight excluding hydrogens is 290 g/mol. The Hall–Kier alpha value is -1.46. The van der Waals surface area contributed by atoms with Crippen molar-refractivity contribution in [3.63, 3.8) is 0 Å². The van der Waals surface area contributed by atoms with Gasteiger partial charge in [-0.1, -0.05) is 6.07 Å². The fraction of sp³-hybridized carbons (Fsp3) is 0.667. The molecule has 0 bridgehead atoms. The molecule has 3 aliphatic heterocycles. The Morgan fingerprint density at radius 1 is 1.13 bits per heavy atom. The topological polar surface area (TPSA) is 45.7 Å². The highest BCUT2D eigenvalue weighted by Gasteiger charge is 2.45. The molecule has 0 aromatic carbocycles. The van der Waals surface area contributed by atoms with Crippen molar-refractivity contribution in [1.82, 2.24) is 14.8 Å². The number of amides is 1. The molecule has 1 aromatic rings. The van der Waals surface area contributed by atoms with Gasteiger partial charge in [-0.15, -0.1) is 0 Å². The van der Waals surface area contributed by atoms with Gasteiger partial charge >= 0.3 is 0 Å². The first-order valence-electron chi connectivity index (χ1n) is 8.85. The highest BCUT2D eigenvalue weighted by molar-refractivity contribution is 5.79. The summed E-state index contributed by atoms with van der Waals surface area (Å²) in [6.45, 7) is 4.38. The largest absolute Gasteiger partial charge is 0.381 e. The molecule has 4 rings (SSSR count). The molecule has 0 unspecified atom stereocenters. The normalized spacial score (nSPS) is 29.0. The van der Waals surface area contributed by atoms with Crippen LogP contribution in [0.15, 0.2) is 24.4 Å². The van der Waals surface area contributed by atoms with Crippen molar-refractivity contribution in [2.75, 3.05) is 26.3 Å². The van der Waals surface area contributed by atoms with Gasteiger partial charge in [0.15, 0.2) is 0 Å². The Morgan fingerprint density at radius 2 is 1.96 bits per heavy atom. The number of nitrogens with zero attached hydrogens (tertiary/aromatic N) is 3. The van der Waals surface area contributed by atoms with Crippen LogP contribution in [-0.2, 0) is 16.1 Å². The minimum absolute atomic E-state index is 0.187. The van der Waals surface area contributed by atoms with Gasteiger partial charge in [0.1, 0.15) is 0 Å². The first-order valence-corrected chi connectivity index (χ1v) is 8.85. The van der Waals surface area contributed by atoms with Gasteiger partial charge in [0.25, 0.3) is 0 Å². The molecule has 0 N–H and O–H groups in total. The number of hydrogen-bond donors (Lipinski definition) is 0. The maximum atomic E-state index is 12.8. The zero-order chi connectivity index (χ0) is 15.6. The van der Waals surface area contributed by atoms with Crippen molar-refractivity contribution in [1.29, 1.82) is 0 Å². The number of pyridine rings is 1. The number of ether oxygens (including phenoxy) is 1. The van der Waals surface area contributed by atoms with Crippen LogP contribution >= 0.6 is 0 Å². The standard InChI is InChI=1S/C18H25N3O2/c22-18(14-6-11-23-12-7-14)21-10-5-16-17(21)4-9-20(16)13-15-3-1-2-8-19-15/h1-3,8,14,16-17H,4-7,9-13H2/t16-,17-/m0/s1. The average Bonchev–Trinajstić information content (AvgIpc) is 3.19. The first kappa shape index (κ1) is 15.1. The van der Waals surface area contributed by atoms with E-state index in [1.165, 1.54) is 0 Å². The van der Waals surface area contributed by atoms with E-state index < -0.39 is 0 Å².